The molecule has 0 saturated carbocycles. The number of ketones is 1. The first-order valence-electron chi connectivity index (χ1n) is 10.4. The Morgan fingerprint density at radius 3 is 1.85 bits per heavy atom. The average molecular weight is 444 g/mol. The lowest BCUT2D eigenvalue weighted by molar-refractivity contribution is -0.142. The van der Waals surface area contributed by atoms with Crippen LogP contribution in [0.25, 0.3) is 0 Å². The van der Waals surface area contributed by atoms with Crippen molar-refractivity contribution in [1.82, 2.24) is 5.32 Å². The van der Waals surface area contributed by atoms with E-state index in [-0.39, 0.29) is 24.0 Å². The molecule has 0 radical (unpaired) electrons. The molecule has 0 saturated heterocycles. The second-order valence-electron chi connectivity index (χ2n) is 7.43. The van der Waals surface area contributed by atoms with Crippen LogP contribution in [0.5, 0.6) is 0 Å². The lowest BCUT2D eigenvalue weighted by Gasteiger charge is -2.13. The minimum absolute atomic E-state index is 0.0592. The number of carbonyl (C=O) groups excluding carboxylic acids is 4. The van der Waals surface area contributed by atoms with Gasteiger partial charge in [-0.05, 0) is 55.5 Å². The van der Waals surface area contributed by atoms with Crippen molar-refractivity contribution in [3.05, 3.63) is 102 Å². The fourth-order valence-electron chi connectivity index (χ4n) is 3.02. The van der Waals surface area contributed by atoms with Gasteiger partial charge < -0.3 is 15.4 Å². The molecular formula is C26H24N2O5. The van der Waals surface area contributed by atoms with Gasteiger partial charge in [0.25, 0.3) is 11.8 Å². The number of nitrogens with one attached hydrogen (secondary N) is 2. The Kier molecular flexibility index (Phi) is 8.07. The zero-order chi connectivity index (χ0) is 23.6. The summed E-state index contributed by atoms with van der Waals surface area (Å²) in [4.78, 5) is 48.7. The highest BCUT2D eigenvalue weighted by atomic mass is 16.5. The molecule has 0 heterocycles. The third-order valence-electron chi connectivity index (χ3n) is 4.75. The number of amides is 2. The first-order valence-corrected chi connectivity index (χ1v) is 10.4. The van der Waals surface area contributed by atoms with Crippen LogP contribution in [0.4, 0.5) is 5.69 Å². The average Bonchev–Trinajstić information content (AvgIpc) is 2.84. The number of hydrogen-bond acceptors (Lipinski definition) is 5. The number of ether oxygens (including phenoxy) is 1. The summed E-state index contributed by atoms with van der Waals surface area (Å²) in [5.41, 5.74) is 1.92. The third-order valence-corrected chi connectivity index (χ3v) is 4.75. The highest BCUT2D eigenvalue weighted by Gasteiger charge is 2.16. The van der Waals surface area contributed by atoms with Crippen LogP contribution in [0, 0.1) is 0 Å². The maximum Gasteiger partial charge on any atom is 0.308 e. The molecule has 3 aromatic carbocycles. The van der Waals surface area contributed by atoms with E-state index in [9.17, 15) is 19.2 Å². The van der Waals surface area contributed by atoms with Crippen LogP contribution in [-0.2, 0) is 9.53 Å². The molecular weight excluding hydrogens is 420 g/mol. The molecule has 1 atom stereocenters. The number of Topliss-reactive ketones (excluding diaryl/α,β-unsaturated/α-hetero) is 1. The lowest BCUT2D eigenvalue weighted by Crippen LogP contribution is -2.34. The minimum atomic E-state index is -0.587. The van der Waals surface area contributed by atoms with Gasteiger partial charge >= 0.3 is 5.97 Å². The van der Waals surface area contributed by atoms with E-state index in [1.54, 1.807) is 79.7 Å². The molecule has 3 aromatic rings. The number of rotatable bonds is 9. The molecule has 2 amide bonds. The summed E-state index contributed by atoms with van der Waals surface area (Å²) in [6, 6.07) is 23.3. The fourth-order valence-corrected chi connectivity index (χ4v) is 3.02. The lowest BCUT2D eigenvalue weighted by atomic mass is 10.1. The van der Waals surface area contributed by atoms with Gasteiger partial charge in [0.15, 0.2) is 12.4 Å². The molecule has 0 aliphatic rings. The number of esters is 1. The van der Waals surface area contributed by atoms with Crippen molar-refractivity contribution in [3.63, 3.8) is 0 Å². The van der Waals surface area contributed by atoms with E-state index in [1.165, 1.54) is 0 Å². The van der Waals surface area contributed by atoms with Crippen LogP contribution in [0.1, 0.15) is 44.4 Å². The number of benzene rings is 3. The van der Waals surface area contributed by atoms with E-state index in [0.29, 0.717) is 22.4 Å². The number of anilines is 1. The molecule has 0 spiro atoms. The fraction of sp³-hybridized carbons (Fsp3) is 0.154. The van der Waals surface area contributed by atoms with Crippen LogP contribution in [0.3, 0.4) is 0 Å². The van der Waals surface area contributed by atoms with Crippen molar-refractivity contribution in [2.45, 2.75) is 19.4 Å². The van der Waals surface area contributed by atoms with Gasteiger partial charge in [0, 0.05) is 28.4 Å². The quantitative estimate of drug-likeness (QED) is 0.385. The Morgan fingerprint density at radius 1 is 0.727 bits per heavy atom. The largest absolute Gasteiger partial charge is 0.457 e. The zero-order valence-corrected chi connectivity index (χ0v) is 18.1. The van der Waals surface area contributed by atoms with Crippen LogP contribution < -0.4 is 10.6 Å². The molecule has 0 aromatic heterocycles. The summed E-state index contributed by atoms with van der Waals surface area (Å²) >= 11 is 0. The number of hydrogen-bond donors (Lipinski definition) is 2. The third kappa shape index (κ3) is 7.14. The van der Waals surface area contributed by atoms with Crippen LogP contribution in [0.15, 0.2) is 84.9 Å². The number of carbonyl (C=O) groups is 4. The molecule has 168 valence electrons. The van der Waals surface area contributed by atoms with Gasteiger partial charge in [0.05, 0.1) is 6.42 Å². The topological polar surface area (TPSA) is 102 Å². The van der Waals surface area contributed by atoms with E-state index >= 15 is 0 Å². The van der Waals surface area contributed by atoms with Crippen molar-refractivity contribution in [3.8, 4) is 0 Å². The Hall–Kier alpha value is -4.26. The van der Waals surface area contributed by atoms with Crippen molar-refractivity contribution >= 4 is 29.3 Å². The Labute approximate surface area is 191 Å². The van der Waals surface area contributed by atoms with Gasteiger partial charge in [0.1, 0.15) is 0 Å². The van der Waals surface area contributed by atoms with E-state index in [1.807, 2.05) is 12.1 Å². The van der Waals surface area contributed by atoms with Crippen LogP contribution >= 0.6 is 0 Å². The predicted molar refractivity (Wildman–Crippen MR) is 124 cm³/mol. The molecule has 0 fully saturated rings. The van der Waals surface area contributed by atoms with E-state index in [4.69, 9.17) is 4.74 Å². The maximum atomic E-state index is 12.3. The molecule has 7 nitrogen and oxygen atoms in total. The van der Waals surface area contributed by atoms with Gasteiger partial charge in [-0.1, -0.05) is 36.4 Å². The van der Waals surface area contributed by atoms with Crippen molar-refractivity contribution < 1.29 is 23.9 Å². The minimum Gasteiger partial charge on any atom is -0.457 e. The summed E-state index contributed by atoms with van der Waals surface area (Å²) in [5.74, 6) is -1.50. The first-order chi connectivity index (χ1) is 15.9. The molecule has 0 bridgehead atoms. The van der Waals surface area contributed by atoms with E-state index < -0.39 is 18.6 Å². The summed E-state index contributed by atoms with van der Waals surface area (Å²) < 4.78 is 5.06. The van der Waals surface area contributed by atoms with Crippen molar-refractivity contribution in [2.75, 3.05) is 11.9 Å². The summed E-state index contributed by atoms with van der Waals surface area (Å²) in [7, 11) is 0. The van der Waals surface area contributed by atoms with Gasteiger partial charge in [-0.2, -0.15) is 0 Å². The summed E-state index contributed by atoms with van der Waals surface area (Å²) in [6.07, 6.45) is -0.0592. The van der Waals surface area contributed by atoms with Gasteiger partial charge in [-0.15, -0.1) is 0 Å². The molecule has 0 aliphatic carbocycles. The Morgan fingerprint density at radius 2 is 1.27 bits per heavy atom. The zero-order valence-electron chi connectivity index (χ0n) is 18.1. The van der Waals surface area contributed by atoms with Gasteiger partial charge in [-0.25, -0.2) is 0 Å². The highest BCUT2D eigenvalue weighted by Crippen LogP contribution is 2.12. The van der Waals surface area contributed by atoms with Gasteiger partial charge in [-0.3, -0.25) is 19.2 Å². The summed E-state index contributed by atoms with van der Waals surface area (Å²) in [5, 5.41) is 5.47. The van der Waals surface area contributed by atoms with Crippen molar-refractivity contribution in [1.29, 1.82) is 0 Å². The molecule has 3 rings (SSSR count). The molecule has 7 heteroatoms. The van der Waals surface area contributed by atoms with Gasteiger partial charge in [0.2, 0.25) is 0 Å². The smallest absolute Gasteiger partial charge is 0.308 e. The SMILES string of the molecule is CC(CC(=O)OCC(=O)c1ccc(NC(=O)c2ccccc2)cc1)NC(=O)c1ccccc1. The van der Waals surface area contributed by atoms with E-state index in [2.05, 4.69) is 10.6 Å². The maximum absolute atomic E-state index is 12.3. The molecule has 2 N–H and O–H groups in total. The van der Waals surface area contributed by atoms with Crippen LogP contribution in [-0.4, -0.2) is 36.2 Å². The van der Waals surface area contributed by atoms with Crippen LogP contribution in [0.2, 0.25) is 0 Å². The van der Waals surface area contributed by atoms with E-state index in [0.717, 1.165) is 0 Å². The molecule has 33 heavy (non-hydrogen) atoms. The summed E-state index contributed by atoms with van der Waals surface area (Å²) in [6.45, 7) is 1.28. The molecule has 0 aliphatic heterocycles. The monoisotopic (exact) mass is 444 g/mol. The second-order valence-corrected chi connectivity index (χ2v) is 7.43. The second kappa shape index (κ2) is 11.4. The van der Waals surface area contributed by atoms with Crippen molar-refractivity contribution in [2.24, 2.45) is 0 Å². The normalized spacial score (nSPS) is 11.2. The Balaban J connectivity index is 1.43. The first kappa shape index (κ1) is 23.4. The predicted octanol–water partition coefficient (Wildman–Crippen LogP) is 3.87. The molecule has 1 unspecified atom stereocenters. The Bertz CT molecular complexity index is 1110. The standard InChI is InChI=1S/C26H24N2O5/c1-18(27-25(31)20-8-4-2-5-9-20)16-24(30)33-17-23(29)19-12-14-22(15-13-19)28-26(32)21-10-6-3-7-11-21/h2-15,18H,16-17H2,1H3,(H,27,31)(H,28,32). The highest BCUT2D eigenvalue weighted by molar-refractivity contribution is 6.04.